The summed E-state index contributed by atoms with van der Waals surface area (Å²) in [5.41, 5.74) is 0. The van der Waals surface area contributed by atoms with Crippen LogP contribution in [0, 0.1) is 0 Å². The summed E-state index contributed by atoms with van der Waals surface area (Å²) < 4.78 is 5.51. The highest BCUT2D eigenvalue weighted by molar-refractivity contribution is 5.76. The van der Waals surface area contributed by atoms with E-state index in [1.54, 1.807) is 6.08 Å². The highest BCUT2D eigenvalue weighted by Crippen LogP contribution is 2.19. The van der Waals surface area contributed by atoms with Gasteiger partial charge < -0.3 is 20.3 Å². The average molecular weight is 1130 g/mol. The number of nitrogens with one attached hydrogen (secondary N) is 1. The van der Waals surface area contributed by atoms with Crippen LogP contribution < -0.4 is 5.32 Å². The highest BCUT2D eigenvalue weighted by atomic mass is 16.5. The third-order valence-electron chi connectivity index (χ3n) is 17.2. The van der Waals surface area contributed by atoms with Crippen LogP contribution in [0.2, 0.25) is 0 Å². The molecule has 0 aliphatic heterocycles. The van der Waals surface area contributed by atoms with E-state index in [4.69, 9.17) is 4.74 Å². The van der Waals surface area contributed by atoms with Crippen molar-refractivity contribution in [2.75, 3.05) is 13.2 Å². The van der Waals surface area contributed by atoms with Crippen molar-refractivity contribution in [3.05, 3.63) is 24.3 Å². The number of rotatable bonds is 69. The lowest BCUT2D eigenvalue weighted by Gasteiger charge is -2.20. The first-order valence-electron chi connectivity index (χ1n) is 36.6. The molecule has 0 heterocycles. The molecule has 0 radical (unpaired) electrons. The molecule has 0 bridgehead atoms. The molecule has 0 fully saturated rings. The first-order valence-corrected chi connectivity index (χ1v) is 36.6. The molecule has 474 valence electrons. The Balaban J connectivity index is 3.30. The minimum Gasteiger partial charge on any atom is -0.466 e. The van der Waals surface area contributed by atoms with E-state index in [-0.39, 0.29) is 18.5 Å². The number of amides is 1. The molecule has 0 aromatic carbocycles. The van der Waals surface area contributed by atoms with Crippen LogP contribution >= 0.6 is 0 Å². The van der Waals surface area contributed by atoms with Gasteiger partial charge >= 0.3 is 5.97 Å². The van der Waals surface area contributed by atoms with Crippen molar-refractivity contribution in [2.24, 2.45) is 0 Å². The summed E-state index contributed by atoms with van der Waals surface area (Å²) >= 11 is 0. The van der Waals surface area contributed by atoms with Crippen LogP contribution in [-0.2, 0) is 14.3 Å². The smallest absolute Gasteiger partial charge is 0.305 e. The molecule has 0 saturated heterocycles. The Morgan fingerprint density at radius 2 is 0.588 bits per heavy atom. The Kier molecular flexibility index (Phi) is 68.4. The zero-order chi connectivity index (χ0) is 57.8. The quantitative estimate of drug-likeness (QED) is 0.0320. The topological polar surface area (TPSA) is 95.9 Å². The number of ether oxygens (including phenoxy) is 1. The molecular formula is C74H143NO5. The normalized spacial score (nSPS) is 12.6. The van der Waals surface area contributed by atoms with Crippen molar-refractivity contribution < 1.29 is 24.5 Å². The van der Waals surface area contributed by atoms with Gasteiger partial charge in [-0.15, -0.1) is 0 Å². The van der Waals surface area contributed by atoms with Gasteiger partial charge in [-0.25, -0.2) is 0 Å². The summed E-state index contributed by atoms with van der Waals surface area (Å²) in [5, 5.41) is 23.0. The van der Waals surface area contributed by atoms with Gasteiger partial charge in [-0.05, 0) is 57.8 Å². The molecule has 80 heavy (non-hydrogen) atoms. The van der Waals surface area contributed by atoms with Crippen molar-refractivity contribution in [1.82, 2.24) is 5.32 Å². The lowest BCUT2D eigenvalue weighted by Crippen LogP contribution is -2.45. The summed E-state index contributed by atoms with van der Waals surface area (Å²) in [7, 11) is 0. The molecule has 0 aliphatic carbocycles. The van der Waals surface area contributed by atoms with Gasteiger partial charge in [0.1, 0.15) is 0 Å². The highest BCUT2D eigenvalue weighted by Gasteiger charge is 2.18. The van der Waals surface area contributed by atoms with E-state index in [2.05, 4.69) is 31.3 Å². The summed E-state index contributed by atoms with van der Waals surface area (Å²) in [6.07, 6.45) is 88.7. The van der Waals surface area contributed by atoms with E-state index in [1.165, 1.54) is 347 Å². The molecule has 0 aliphatic rings. The Labute approximate surface area is 501 Å². The first kappa shape index (κ1) is 78.3. The fourth-order valence-corrected chi connectivity index (χ4v) is 11.6. The van der Waals surface area contributed by atoms with Crippen LogP contribution in [0.15, 0.2) is 24.3 Å². The van der Waals surface area contributed by atoms with Crippen molar-refractivity contribution in [3.63, 3.8) is 0 Å². The van der Waals surface area contributed by atoms with E-state index in [0.29, 0.717) is 19.4 Å². The number of aliphatic hydroxyl groups is 2. The van der Waals surface area contributed by atoms with Crippen LogP contribution in [0.1, 0.15) is 412 Å². The predicted molar refractivity (Wildman–Crippen MR) is 352 cm³/mol. The second-order valence-electron chi connectivity index (χ2n) is 25.3. The van der Waals surface area contributed by atoms with Crippen molar-refractivity contribution >= 4 is 11.9 Å². The van der Waals surface area contributed by atoms with Gasteiger partial charge in [0.15, 0.2) is 0 Å². The average Bonchev–Trinajstić information content (AvgIpc) is 3.46. The van der Waals surface area contributed by atoms with Gasteiger partial charge in [0.25, 0.3) is 0 Å². The fourth-order valence-electron chi connectivity index (χ4n) is 11.6. The van der Waals surface area contributed by atoms with Gasteiger partial charge in [-0.3, -0.25) is 9.59 Å². The van der Waals surface area contributed by atoms with Gasteiger partial charge in [0.05, 0.1) is 25.4 Å². The molecule has 0 aromatic heterocycles. The zero-order valence-electron chi connectivity index (χ0n) is 54.3. The van der Waals surface area contributed by atoms with Crippen LogP contribution in [0.25, 0.3) is 0 Å². The lowest BCUT2D eigenvalue weighted by molar-refractivity contribution is -0.143. The zero-order valence-corrected chi connectivity index (χ0v) is 54.3. The van der Waals surface area contributed by atoms with E-state index < -0.39 is 12.1 Å². The van der Waals surface area contributed by atoms with E-state index in [9.17, 15) is 19.8 Å². The third-order valence-corrected chi connectivity index (χ3v) is 17.2. The number of hydrogen-bond acceptors (Lipinski definition) is 5. The van der Waals surface area contributed by atoms with E-state index >= 15 is 0 Å². The van der Waals surface area contributed by atoms with Crippen LogP contribution in [0.4, 0.5) is 0 Å². The second kappa shape index (κ2) is 69.8. The van der Waals surface area contributed by atoms with Crippen LogP contribution in [0.3, 0.4) is 0 Å². The number of unbranched alkanes of at least 4 members (excludes halogenated alkanes) is 56. The first-order chi connectivity index (χ1) is 39.5. The standard InChI is InChI=1S/C74H143NO5/c1-3-5-7-9-11-13-15-16-17-18-39-42-45-48-52-56-60-64-68-74(79)80-69-65-61-57-53-49-46-43-40-37-35-33-31-29-27-25-23-21-19-20-22-24-26-28-30-32-34-36-38-41-44-47-51-55-59-63-67-73(78)75-71(70-76)72(77)66-62-58-54-50-14-12-10-8-6-4-2/h21,23,62,66,71-72,76-77H,3-20,22,24-61,63-65,67-70H2,1-2H3,(H,75,78)/b23-21-,66-62+. The molecule has 0 aromatic rings. The number of carbonyl (C=O) groups excluding carboxylic acids is 2. The Hall–Kier alpha value is -1.66. The molecule has 0 rings (SSSR count). The van der Waals surface area contributed by atoms with Gasteiger partial charge in [0.2, 0.25) is 5.91 Å². The van der Waals surface area contributed by atoms with Crippen molar-refractivity contribution in [3.8, 4) is 0 Å². The Morgan fingerprint density at radius 3 is 0.887 bits per heavy atom. The SMILES string of the molecule is CCCCCCCCCC/C=C/C(O)C(CO)NC(=O)CCCCCCCCCCCCCCCCCCC/C=C\CCCCCCCCCCCCCCCCOC(=O)CCCCCCCCCCCCCCCCCCCC. The summed E-state index contributed by atoms with van der Waals surface area (Å²) in [4.78, 5) is 24.5. The summed E-state index contributed by atoms with van der Waals surface area (Å²) in [6.45, 7) is 4.92. The van der Waals surface area contributed by atoms with Crippen LogP contribution in [-0.4, -0.2) is 47.4 Å². The predicted octanol–water partition coefficient (Wildman–Crippen LogP) is 23.7. The molecule has 2 atom stereocenters. The number of hydrogen-bond donors (Lipinski definition) is 3. The maximum atomic E-state index is 12.4. The molecule has 6 heteroatoms. The lowest BCUT2D eigenvalue weighted by atomic mass is 10.0. The Morgan fingerprint density at radius 1 is 0.338 bits per heavy atom. The van der Waals surface area contributed by atoms with Gasteiger partial charge in [-0.2, -0.15) is 0 Å². The molecule has 3 N–H and O–H groups in total. The van der Waals surface area contributed by atoms with E-state index in [0.717, 1.165) is 38.5 Å². The maximum Gasteiger partial charge on any atom is 0.305 e. The molecule has 2 unspecified atom stereocenters. The third kappa shape index (κ3) is 65.5. The van der Waals surface area contributed by atoms with Crippen molar-refractivity contribution in [1.29, 1.82) is 0 Å². The molecule has 1 amide bonds. The van der Waals surface area contributed by atoms with Crippen LogP contribution in [0.5, 0.6) is 0 Å². The summed E-state index contributed by atoms with van der Waals surface area (Å²) in [6, 6.07) is -0.623. The maximum absolute atomic E-state index is 12.4. The number of carbonyl (C=O) groups is 2. The Bertz CT molecular complexity index is 1250. The monoisotopic (exact) mass is 1130 g/mol. The number of esters is 1. The fraction of sp³-hybridized carbons (Fsp3) is 0.919. The number of allylic oxidation sites excluding steroid dienone is 3. The molecule has 0 spiro atoms. The van der Waals surface area contributed by atoms with Gasteiger partial charge in [0, 0.05) is 12.8 Å². The largest absolute Gasteiger partial charge is 0.466 e. The van der Waals surface area contributed by atoms with Crippen molar-refractivity contribution in [2.45, 2.75) is 424 Å². The second-order valence-corrected chi connectivity index (χ2v) is 25.3. The molecule has 6 nitrogen and oxygen atoms in total. The molecular weight excluding hydrogens is 983 g/mol. The summed E-state index contributed by atoms with van der Waals surface area (Å²) in [5.74, 6) is -0.0396. The van der Waals surface area contributed by atoms with E-state index in [1.807, 2.05) is 6.08 Å². The minimum absolute atomic E-state index is 0.0250. The minimum atomic E-state index is -0.840. The molecule has 0 saturated carbocycles. The number of aliphatic hydroxyl groups excluding tert-OH is 2. The van der Waals surface area contributed by atoms with Gasteiger partial charge in [-0.1, -0.05) is 366 Å².